The van der Waals surface area contributed by atoms with E-state index in [1.807, 2.05) is 0 Å². The lowest BCUT2D eigenvalue weighted by atomic mass is 9.90. The zero-order chi connectivity index (χ0) is 15.2. The van der Waals surface area contributed by atoms with E-state index >= 15 is 0 Å². The molecule has 2 N–H and O–H groups in total. The van der Waals surface area contributed by atoms with Gasteiger partial charge in [-0.15, -0.1) is 0 Å². The molecule has 2 unspecified atom stereocenters. The Labute approximate surface area is 125 Å². The Morgan fingerprint density at radius 3 is 2.62 bits per heavy atom. The second-order valence-electron chi connectivity index (χ2n) is 6.15. The molecule has 1 aliphatic heterocycles. The number of carbonyl (C=O) groups is 2. The van der Waals surface area contributed by atoms with E-state index in [1.165, 1.54) is 25.7 Å². The highest BCUT2D eigenvalue weighted by Crippen LogP contribution is 2.29. The number of nitrogens with one attached hydrogen (secondary N) is 1. The van der Waals surface area contributed by atoms with Crippen LogP contribution in [-0.4, -0.2) is 53.8 Å². The molecule has 1 amide bonds. The molecule has 0 aromatic carbocycles. The molecule has 1 heterocycles. The maximum Gasteiger partial charge on any atom is 0.407 e. The molecule has 2 rings (SSSR count). The molecule has 6 heteroatoms. The molecule has 0 aromatic heterocycles. The van der Waals surface area contributed by atoms with Crippen molar-refractivity contribution in [2.24, 2.45) is 5.92 Å². The summed E-state index contributed by atoms with van der Waals surface area (Å²) < 4.78 is 4.94. The second-order valence-corrected chi connectivity index (χ2v) is 6.15. The Balaban J connectivity index is 1.95. The normalized spacial score (nSPS) is 27.5. The molecule has 2 aliphatic rings. The lowest BCUT2D eigenvalue weighted by Gasteiger charge is -2.40. The van der Waals surface area contributed by atoms with E-state index in [1.54, 1.807) is 6.92 Å². The van der Waals surface area contributed by atoms with Gasteiger partial charge in [0.1, 0.15) is 0 Å². The Morgan fingerprint density at radius 2 is 2.00 bits per heavy atom. The van der Waals surface area contributed by atoms with E-state index in [0.29, 0.717) is 19.1 Å². The number of rotatable bonds is 5. The van der Waals surface area contributed by atoms with E-state index < -0.39 is 12.1 Å². The molecule has 21 heavy (non-hydrogen) atoms. The van der Waals surface area contributed by atoms with Gasteiger partial charge in [-0.3, -0.25) is 9.69 Å². The van der Waals surface area contributed by atoms with Crippen molar-refractivity contribution >= 4 is 12.1 Å². The van der Waals surface area contributed by atoms with Gasteiger partial charge in [0.2, 0.25) is 0 Å². The van der Waals surface area contributed by atoms with Crippen molar-refractivity contribution in [3.8, 4) is 0 Å². The first kappa shape index (κ1) is 16.1. The standard InChI is InChI=1S/C15H26N2O4/c1-2-21-15(20)16-12-7-11(8-14(18)19)9-17(10-12)13-5-3-4-6-13/h11-13H,2-10H2,1H3,(H,16,20)(H,18,19). The first-order valence-electron chi connectivity index (χ1n) is 7.97. The first-order chi connectivity index (χ1) is 10.1. The number of carboxylic acids is 1. The zero-order valence-corrected chi connectivity index (χ0v) is 12.7. The van der Waals surface area contributed by atoms with Crippen LogP contribution < -0.4 is 5.32 Å². The van der Waals surface area contributed by atoms with Gasteiger partial charge in [0.25, 0.3) is 0 Å². The smallest absolute Gasteiger partial charge is 0.407 e. The molecule has 1 aliphatic carbocycles. The summed E-state index contributed by atoms with van der Waals surface area (Å²) in [5.74, 6) is -0.660. The Hall–Kier alpha value is -1.30. The van der Waals surface area contributed by atoms with Gasteiger partial charge in [-0.2, -0.15) is 0 Å². The van der Waals surface area contributed by atoms with Crippen LogP contribution in [0.3, 0.4) is 0 Å². The highest BCUT2D eigenvalue weighted by Gasteiger charge is 2.34. The summed E-state index contributed by atoms with van der Waals surface area (Å²) in [4.78, 5) is 25.0. The predicted octanol–water partition coefficient (Wildman–Crippen LogP) is 1.84. The first-order valence-corrected chi connectivity index (χ1v) is 7.97. The van der Waals surface area contributed by atoms with Crippen molar-refractivity contribution < 1.29 is 19.4 Å². The summed E-state index contributed by atoms with van der Waals surface area (Å²) >= 11 is 0. The third-order valence-electron chi connectivity index (χ3n) is 4.47. The minimum Gasteiger partial charge on any atom is -0.481 e. The zero-order valence-electron chi connectivity index (χ0n) is 12.7. The third-order valence-corrected chi connectivity index (χ3v) is 4.47. The molecule has 0 aromatic rings. The minimum atomic E-state index is -0.761. The number of carbonyl (C=O) groups excluding carboxylic acids is 1. The Bertz CT molecular complexity index is 369. The van der Waals surface area contributed by atoms with Crippen molar-refractivity contribution in [1.29, 1.82) is 0 Å². The van der Waals surface area contributed by atoms with Gasteiger partial charge < -0.3 is 15.2 Å². The number of amides is 1. The number of nitrogens with zero attached hydrogens (tertiary/aromatic N) is 1. The van der Waals surface area contributed by atoms with E-state index in [2.05, 4.69) is 10.2 Å². The van der Waals surface area contributed by atoms with Crippen LogP contribution in [-0.2, 0) is 9.53 Å². The van der Waals surface area contributed by atoms with Gasteiger partial charge in [-0.05, 0) is 32.1 Å². The van der Waals surface area contributed by atoms with Crippen molar-refractivity contribution in [2.45, 2.75) is 57.5 Å². The van der Waals surface area contributed by atoms with Crippen molar-refractivity contribution in [2.75, 3.05) is 19.7 Å². The van der Waals surface area contributed by atoms with Crippen molar-refractivity contribution in [1.82, 2.24) is 10.2 Å². The highest BCUT2D eigenvalue weighted by atomic mass is 16.5. The Kier molecular flexibility index (Phi) is 5.85. The predicted molar refractivity (Wildman–Crippen MR) is 78.1 cm³/mol. The number of aliphatic carboxylic acids is 1. The van der Waals surface area contributed by atoms with Gasteiger partial charge in [-0.1, -0.05) is 12.8 Å². The number of carboxylic acid groups (broad SMARTS) is 1. The van der Waals surface area contributed by atoms with Crippen LogP contribution in [0.2, 0.25) is 0 Å². The van der Waals surface area contributed by atoms with Gasteiger partial charge in [0.15, 0.2) is 0 Å². The van der Waals surface area contributed by atoms with Crippen LogP contribution in [0, 0.1) is 5.92 Å². The molecule has 2 atom stereocenters. The molecule has 0 radical (unpaired) electrons. The molecule has 120 valence electrons. The molecular weight excluding hydrogens is 272 g/mol. The molecule has 6 nitrogen and oxygen atoms in total. The summed E-state index contributed by atoms with van der Waals surface area (Å²) in [5.41, 5.74) is 0. The average Bonchev–Trinajstić information content (AvgIpc) is 2.91. The maximum atomic E-state index is 11.6. The quantitative estimate of drug-likeness (QED) is 0.809. The Morgan fingerprint density at radius 1 is 1.29 bits per heavy atom. The number of ether oxygens (including phenoxy) is 1. The van der Waals surface area contributed by atoms with Crippen LogP contribution in [0.5, 0.6) is 0 Å². The van der Waals surface area contributed by atoms with Crippen molar-refractivity contribution in [3.05, 3.63) is 0 Å². The van der Waals surface area contributed by atoms with Gasteiger partial charge in [0.05, 0.1) is 6.61 Å². The summed E-state index contributed by atoms with van der Waals surface area (Å²) in [6, 6.07) is 0.538. The fourth-order valence-electron chi connectivity index (χ4n) is 3.65. The number of likely N-dealkylation sites (tertiary alicyclic amines) is 1. The highest BCUT2D eigenvalue weighted by molar-refractivity contribution is 5.68. The number of alkyl carbamates (subject to hydrolysis) is 1. The van der Waals surface area contributed by atoms with Crippen LogP contribution in [0.1, 0.15) is 45.4 Å². The van der Waals surface area contributed by atoms with E-state index in [0.717, 1.165) is 13.1 Å². The third kappa shape index (κ3) is 4.88. The average molecular weight is 298 g/mol. The molecule has 1 saturated heterocycles. The SMILES string of the molecule is CCOC(=O)NC1CC(CC(=O)O)CN(C2CCCC2)C1. The second kappa shape index (κ2) is 7.64. The fraction of sp³-hybridized carbons (Fsp3) is 0.867. The van der Waals surface area contributed by atoms with Crippen LogP contribution in [0.15, 0.2) is 0 Å². The summed E-state index contributed by atoms with van der Waals surface area (Å²) in [5, 5.41) is 11.9. The van der Waals surface area contributed by atoms with Gasteiger partial charge in [-0.25, -0.2) is 4.79 Å². The van der Waals surface area contributed by atoms with Gasteiger partial charge >= 0.3 is 12.1 Å². The lowest BCUT2D eigenvalue weighted by Crippen LogP contribution is -2.53. The van der Waals surface area contributed by atoms with E-state index in [9.17, 15) is 9.59 Å². The molecule has 1 saturated carbocycles. The van der Waals surface area contributed by atoms with Crippen LogP contribution in [0.25, 0.3) is 0 Å². The van der Waals surface area contributed by atoms with Crippen LogP contribution >= 0.6 is 0 Å². The fourth-order valence-corrected chi connectivity index (χ4v) is 3.65. The van der Waals surface area contributed by atoms with Crippen molar-refractivity contribution in [3.63, 3.8) is 0 Å². The lowest BCUT2D eigenvalue weighted by molar-refractivity contribution is -0.138. The molecule has 0 spiro atoms. The number of hydrogen-bond donors (Lipinski definition) is 2. The monoisotopic (exact) mass is 298 g/mol. The largest absolute Gasteiger partial charge is 0.481 e. The van der Waals surface area contributed by atoms with E-state index in [4.69, 9.17) is 9.84 Å². The molecular formula is C15H26N2O4. The number of hydrogen-bond acceptors (Lipinski definition) is 4. The summed E-state index contributed by atoms with van der Waals surface area (Å²) in [6.45, 7) is 3.76. The summed E-state index contributed by atoms with van der Waals surface area (Å²) in [7, 11) is 0. The topological polar surface area (TPSA) is 78.9 Å². The molecule has 0 bridgehead atoms. The number of piperidine rings is 1. The summed E-state index contributed by atoms with van der Waals surface area (Å²) in [6.07, 6.45) is 5.36. The minimum absolute atomic E-state index is 0.0113. The van der Waals surface area contributed by atoms with Gasteiger partial charge in [0, 0.05) is 31.6 Å². The molecule has 2 fully saturated rings. The van der Waals surface area contributed by atoms with E-state index in [-0.39, 0.29) is 18.4 Å². The van der Waals surface area contributed by atoms with Crippen LogP contribution in [0.4, 0.5) is 4.79 Å². The maximum absolute atomic E-state index is 11.6.